The molecule has 0 saturated heterocycles. The summed E-state index contributed by atoms with van der Waals surface area (Å²) in [5.74, 6) is 0.0572. The van der Waals surface area contributed by atoms with Gasteiger partial charge in [-0.2, -0.15) is 0 Å². The first-order valence-electron chi connectivity index (χ1n) is 6.05. The first-order chi connectivity index (χ1) is 8.66. The van der Waals surface area contributed by atoms with E-state index in [1.165, 1.54) is 5.56 Å². The third-order valence-electron chi connectivity index (χ3n) is 2.91. The SMILES string of the molecule is CC(=O)N(Cc1ccc(C)cc1)c1ccccc1. The van der Waals surface area contributed by atoms with Gasteiger partial charge in [0.15, 0.2) is 0 Å². The van der Waals surface area contributed by atoms with Crippen molar-refractivity contribution in [3.8, 4) is 0 Å². The van der Waals surface area contributed by atoms with Crippen molar-refractivity contribution >= 4 is 11.6 Å². The second-order valence-electron chi connectivity index (χ2n) is 4.43. The summed E-state index contributed by atoms with van der Waals surface area (Å²) in [5, 5.41) is 0. The number of amides is 1. The predicted octanol–water partition coefficient (Wildman–Crippen LogP) is 3.55. The van der Waals surface area contributed by atoms with Gasteiger partial charge in [0.2, 0.25) is 5.91 Å². The van der Waals surface area contributed by atoms with Crippen molar-refractivity contribution in [3.05, 3.63) is 65.7 Å². The van der Waals surface area contributed by atoms with Gasteiger partial charge in [-0.15, -0.1) is 0 Å². The smallest absolute Gasteiger partial charge is 0.224 e. The van der Waals surface area contributed by atoms with Gasteiger partial charge < -0.3 is 4.90 Å². The summed E-state index contributed by atoms with van der Waals surface area (Å²) in [6, 6.07) is 18.0. The Labute approximate surface area is 108 Å². The Morgan fingerprint density at radius 1 is 1.00 bits per heavy atom. The van der Waals surface area contributed by atoms with Crippen molar-refractivity contribution in [2.24, 2.45) is 0 Å². The van der Waals surface area contributed by atoms with Crippen LogP contribution in [0.2, 0.25) is 0 Å². The first-order valence-corrected chi connectivity index (χ1v) is 6.05. The lowest BCUT2D eigenvalue weighted by molar-refractivity contribution is -0.116. The highest BCUT2D eigenvalue weighted by Crippen LogP contribution is 2.17. The number of anilines is 1. The lowest BCUT2D eigenvalue weighted by Gasteiger charge is -2.21. The van der Waals surface area contributed by atoms with Gasteiger partial charge in [0.05, 0.1) is 6.54 Å². The summed E-state index contributed by atoms with van der Waals surface area (Å²) in [7, 11) is 0. The first kappa shape index (κ1) is 12.4. The Morgan fingerprint density at radius 2 is 1.61 bits per heavy atom. The molecule has 0 spiro atoms. The third kappa shape index (κ3) is 2.98. The van der Waals surface area contributed by atoms with Gasteiger partial charge in [0.25, 0.3) is 0 Å². The minimum absolute atomic E-state index is 0.0572. The number of hydrogen-bond acceptors (Lipinski definition) is 1. The van der Waals surface area contributed by atoms with Crippen LogP contribution in [0.25, 0.3) is 0 Å². The summed E-state index contributed by atoms with van der Waals surface area (Å²) >= 11 is 0. The normalized spacial score (nSPS) is 10.1. The van der Waals surface area contributed by atoms with Crippen LogP contribution in [0.4, 0.5) is 5.69 Å². The van der Waals surface area contributed by atoms with Gasteiger partial charge >= 0.3 is 0 Å². The molecular weight excluding hydrogens is 222 g/mol. The van der Waals surface area contributed by atoms with E-state index in [0.717, 1.165) is 11.3 Å². The zero-order chi connectivity index (χ0) is 13.0. The molecule has 0 aliphatic heterocycles. The maximum atomic E-state index is 11.7. The van der Waals surface area contributed by atoms with Crippen LogP contribution in [-0.4, -0.2) is 5.91 Å². The van der Waals surface area contributed by atoms with Crippen LogP contribution in [0.15, 0.2) is 54.6 Å². The molecule has 92 valence electrons. The molecule has 2 aromatic rings. The van der Waals surface area contributed by atoms with Crippen molar-refractivity contribution in [1.82, 2.24) is 0 Å². The Bertz CT molecular complexity index is 517. The summed E-state index contributed by atoms with van der Waals surface area (Å²) in [4.78, 5) is 13.5. The second-order valence-corrected chi connectivity index (χ2v) is 4.43. The molecule has 0 bridgehead atoms. The summed E-state index contributed by atoms with van der Waals surface area (Å²) in [6.07, 6.45) is 0. The highest BCUT2D eigenvalue weighted by atomic mass is 16.2. The molecule has 0 saturated carbocycles. The Kier molecular flexibility index (Phi) is 3.78. The zero-order valence-corrected chi connectivity index (χ0v) is 10.8. The highest BCUT2D eigenvalue weighted by Gasteiger charge is 2.11. The van der Waals surface area contributed by atoms with Gasteiger partial charge in [-0.3, -0.25) is 4.79 Å². The number of carbonyl (C=O) groups is 1. The third-order valence-corrected chi connectivity index (χ3v) is 2.91. The molecule has 1 amide bonds. The Hall–Kier alpha value is -2.09. The van der Waals surface area contributed by atoms with E-state index < -0.39 is 0 Å². The fraction of sp³-hybridized carbons (Fsp3) is 0.188. The summed E-state index contributed by atoms with van der Waals surface area (Å²) < 4.78 is 0. The number of rotatable bonds is 3. The molecule has 0 aromatic heterocycles. The molecule has 2 nitrogen and oxygen atoms in total. The van der Waals surface area contributed by atoms with Crippen LogP contribution in [-0.2, 0) is 11.3 Å². The van der Waals surface area contributed by atoms with Crippen molar-refractivity contribution in [2.75, 3.05) is 4.90 Å². The molecule has 0 aliphatic rings. The van der Waals surface area contributed by atoms with Crippen LogP contribution in [0.5, 0.6) is 0 Å². The number of carbonyl (C=O) groups excluding carboxylic acids is 1. The largest absolute Gasteiger partial charge is 0.308 e. The minimum atomic E-state index is 0.0572. The number of hydrogen-bond donors (Lipinski definition) is 0. The number of aryl methyl sites for hydroxylation is 1. The van der Waals surface area contributed by atoms with Crippen molar-refractivity contribution in [3.63, 3.8) is 0 Å². The van der Waals surface area contributed by atoms with Crippen LogP contribution >= 0.6 is 0 Å². The van der Waals surface area contributed by atoms with E-state index in [9.17, 15) is 4.79 Å². The van der Waals surface area contributed by atoms with Gasteiger partial charge in [0, 0.05) is 12.6 Å². The van der Waals surface area contributed by atoms with Gasteiger partial charge in [-0.25, -0.2) is 0 Å². The van der Waals surface area contributed by atoms with E-state index in [1.54, 1.807) is 11.8 Å². The monoisotopic (exact) mass is 239 g/mol. The zero-order valence-electron chi connectivity index (χ0n) is 10.8. The second kappa shape index (κ2) is 5.50. The standard InChI is InChI=1S/C16H17NO/c1-13-8-10-15(11-9-13)12-17(14(2)18)16-6-4-3-5-7-16/h3-11H,12H2,1-2H3. The molecule has 0 aliphatic carbocycles. The van der Waals surface area contributed by atoms with E-state index in [0.29, 0.717) is 6.54 Å². The molecular formula is C16H17NO. The topological polar surface area (TPSA) is 20.3 Å². The molecule has 0 heterocycles. The lowest BCUT2D eigenvalue weighted by Crippen LogP contribution is -2.27. The van der Waals surface area contributed by atoms with Gasteiger partial charge in [-0.05, 0) is 24.6 Å². The molecule has 2 rings (SSSR count). The number of nitrogens with zero attached hydrogens (tertiary/aromatic N) is 1. The van der Waals surface area contributed by atoms with E-state index in [2.05, 4.69) is 31.2 Å². The molecule has 2 heteroatoms. The number of para-hydroxylation sites is 1. The van der Waals surface area contributed by atoms with E-state index in [1.807, 2.05) is 30.3 Å². The highest BCUT2D eigenvalue weighted by molar-refractivity contribution is 5.91. The fourth-order valence-corrected chi connectivity index (χ4v) is 1.87. The van der Waals surface area contributed by atoms with E-state index in [4.69, 9.17) is 0 Å². The molecule has 0 unspecified atom stereocenters. The minimum Gasteiger partial charge on any atom is -0.308 e. The molecule has 2 aromatic carbocycles. The molecule has 0 radical (unpaired) electrons. The quantitative estimate of drug-likeness (QED) is 0.802. The van der Waals surface area contributed by atoms with Crippen molar-refractivity contribution in [2.45, 2.75) is 20.4 Å². The summed E-state index contributed by atoms with van der Waals surface area (Å²) in [5.41, 5.74) is 3.30. The van der Waals surface area contributed by atoms with E-state index >= 15 is 0 Å². The molecule has 0 N–H and O–H groups in total. The number of benzene rings is 2. The average molecular weight is 239 g/mol. The average Bonchev–Trinajstić information content (AvgIpc) is 2.38. The van der Waals surface area contributed by atoms with E-state index in [-0.39, 0.29) is 5.91 Å². The predicted molar refractivity (Wildman–Crippen MR) is 74.5 cm³/mol. The molecule has 18 heavy (non-hydrogen) atoms. The van der Waals surface area contributed by atoms with Gasteiger partial charge in [-0.1, -0.05) is 48.0 Å². The van der Waals surface area contributed by atoms with Crippen molar-refractivity contribution < 1.29 is 4.79 Å². The van der Waals surface area contributed by atoms with Crippen LogP contribution < -0.4 is 4.90 Å². The Morgan fingerprint density at radius 3 is 2.17 bits per heavy atom. The van der Waals surface area contributed by atoms with Crippen LogP contribution in [0.3, 0.4) is 0 Å². The van der Waals surface area contributed by atoms with Gasteiger partial charge in [0.1, 0.15) is 0 Å². The van der Waals surface area contributed by atoms with Crippen LogP contribution in [0.1, 0.15) is 18.1 Å². The van der Waals surface area contributed by atoms with Crippen LogP contribution in [0, 0.1) is 6.92 Å². The molecule has 0 atom stereocenters. The summed E-state index contributed by atoms with van der Waals surface area (Å²) in [6.45, 7) is 4.27. The maximum Gasteiger partial charge on any atom is 0.224 e. The Balaban J connectivity index is 2.22. The van der Waals surface area contributed by atoms with Crippen molar-refractivity contribution in [1.29, 1.82) is 0 Å². The lowest BCUT2D eigenvalue weighted by atomic mass is 10.1. The maximum absolute atomic E-state index is 11.7. The fourth-order valence-electron chi connectivity index (χ4n) is 1.87. The molecule has 0 fully saturated rings.